The molecule has 0 aliphatic heterocycles. The molecule has 1 atom stereocenters. The summed E-state index contributed by atoms with van der Waals surface area (Å²) in [6.07, 6.45) is 0. The molecule has 0 amide bonds. The van der Waals surface area contributed by atoms with E-state index in [1.807, 2.05) is 0 Å². The molecule has 0 fully saturated rings. The van der Waals surface area contributed by atoms with E-state index in [1.54, 1.807) is 0 Å². The van der Waals surface area contributed by atoms with Crippen LogP contribution >= 0.6 is 9.90 Å². The van der Waals surface area contributed by atoms with Crippen LogP contribution in [-0.4, -0.2) is 23.9 Å². The Labute approximate surface area is 67.4 Å². The Morgan fingerprint density at radius 3 is 1.00 bits per heavy atom. The summed E-state index contributed by atoms with van der Waals surface area (Å²) in [6, 6.07) is 0. The monoisotopic (exact) mass is 275 g/mol. The zero-order chi connectivity index (χ0) is 0. The summed E-state index contributed by atoms with van der Waals surface area (Å²) in [5, 5.41) is 0. The minimum atomic E-state index is 0. The van der Waals surface area contributed by atoms with Crippen LogP contribution < -0.4 is 0 Å². The van der Waals surface area contributed by atoms with E-state index in [1.165, 1.54) is 0 Å². The molecule has 0 saturated heterocycles. The molecule has 0 N–H and O–H groups in total. The van der Waals surface area contributed by atoms with E-state index in [9.17, 15) is 0 Å². The Bertz CT molecular complexity index is 8.00. The molecule has 0 aromatic heterocycles. The predicted molar refractivity (Wildman–Crippen MR) is 19.6 cm³/mol. The first-order valence-electron chi connectivity index (χ1n) is 0. The van der Waals surface area contributed by atoms with Gasteiger partial charge in [0.15, 0.2) is 0 Å². The van der Waals surface area contributed by atoms with Crippen LogP contribution in [0.3, 0.4) is 0 Å². The summed E-state index contributed by atoms with van der Waals surface area (Å²) < 4.78 is 0. The summed E-state index contributed by atoms with van der Waals surface area (Å²) in [5.74, 6) is 0. The first-order valence-corrected chi connectivity index (χ1v) is 0. The molecule has 0 spiro atoms. The summed E-state index contributed by atoms with van der Waals surface area (Å²) in [7, 11) is 0. The molecule has 4 heavy (non-hydrogen) atoms. The summed E-state index contributed by atoms with van der Waals surface area (Å²) in [5.41, 5.74) is 0. The van der Waals surface area contributed by atoms with Crippen molar-refractivity contribution >= 4 is 33.8 Å². The third kappa shape index (κ3) is 8.86. The Balaban J connectivity index is 0. The second-order valence-electron chi connectivity index (χ2n) is 0. The summed E-state index contributed by atoms with van der Waals surface area (Å²) >= 11 is 0. The van der Waals surface area contributed by atoms with Gasteiger partial charge in [0.25, 0.3) is 0 Å². The van der Waals surface area contributed by atoms with Crippen molar-refractivity contribution in [3.8, 4) is 0 Å². The van der Waals surface area contributed by atoms with Crippen molar-refractivity contribution in [2.75, 3.05) is 0 Å². The van der Waals surface area contributed by atoms with Crippen molar-refractivity contribution in [2.24, 2.45) is 0 Å². The van der Waals surface area contributed by atoms with Crippen molar-refractivity contribution < 1.29 is 34.1 Å². The van der Waals surface area contributed by atoms with Crippen molar-refractivity contribution in [1.29, 1.82) is 0 Å². The second kappa shape index (κ2) is 18.7. The molecule has 0 heterocycles. The van der Waals surface area contributed by atoms with E-state index in [0.29, 0.717) is 0 Å². The van der Waals surface area contributed by atoms with Gasteiger partial charge in [-0.3, -0.25) is 0 Å². The van der Waals surface area contributed by atoms with E-state index >= 15 is 0 Å². The molecule has 0 aliphatic rings. The zero-order valence-corrected chi connectivity index (χ0v) is 9.57. The van der Waals surface area contributed by atoms with Gasteiger partial charge in [0.2, 0.25) is 0 Å². The van der Waals surface area contributed by atoms with Gasteiger partial charge in [-0.25, -0.2) is 0 Å². The first kappa shape index (κ1) is 33.8. The molecule has 0 aromatic carbocycles. The van der Waals surface area contributed by atoms with Gasteiger partial charge in [0.05, 0.1) is 0 Å². The van der Waals surface area contributed by atoms with E-state index in [2.05, 4.69) is 0 Å². The van der Waals surface area contributed by atoms with Crippen LogP contribution in [0.15, 0.2) is 0 Å². The SMILES string of the molecule is P.[Cu].[Fe].[SnH2]. The standard InChI is InChI=1S/Cu.Fe.H3P.Sn.2H/h;;1H3;;;. The predicted octanol–water partition coefficient (Wildman–Crippen LogP) is -0.863. The third-order valence-electron chi connectivity index (χ3n) is 0. The minimum absolute atomic E-state index is 0. The van der Waals surface area contributed by atoms with E-state index in [4.69, 9.17) is 0 Å². The van der Waals surface area contributed by atoms with Crippen LogP contribution in [0.4, 0.5) is 0 Å². The van der Waals surface area contributed by atoms with Gasteiger partial charge in [-0.2, -0.15) is 9.90 Å². The fourth-order valence-electron chi connectivity index (χ4n) is 0. The Kier molecular flexibility index (Phi) is 158. The molecule has 3 radical (unpaired) electrons. The average Bonchev–Trinajstić information content (AvgIpc) is 0. The van der Waals surface area contributed by atoms with Gasteiger partial charge in [0, 0.05) is 34.1 Å². The molecule has 4 heteroatoms. The van der Waals surface area contributed by atoms with Gasteiger partial charge in [-0.05, 0) is 0 Å². The fourth-order valence-corrected chi connectivity index (χ4v) is 0. The molecule has 0 rings (SSSR count). The molecular weight excluding hydrogens is 269 g/mol. The third-order valence-corrected chi connectivity index (χ3v) is 0. The molecule has 33 valence electrons. The van der Waals surface area contributed by atoms with Crippen LogP contribution in [0, 0.1) is 0 Å². The van der Waals surface area contributed by atoms with Gasteiger partial charge in [-0.1, -0.05) is 0 Å². The van der Waals surface area contributed by atoms with Crippen LogP contribution in [0.1, 0.15) is 0 Å². The second-order valence-corrected chi connectivity index (χ2v) is 0. The van der Waals surface area contributed by atoms with Crippen molar-refractivity contribution in [3.05, 3.63) is 0 Å². The molecule has 0 saturated carbocycles. The van der Waals surface area contributed by atoms with E-state index < -0.39 is 0 Å². The summed E-state index contributed by atoms with van der Waals surface area (Å²) in [6.45, 7) is 0. The van der Waals surface area contributed by atoms with Crippen LogP contribution in [0.2, 0.25) is 0 Å². The zero-order valence-electron chi connectivity index (χ0n) is 2.07. The summed E-state index contributed by atoms with van der Waals surface area (Å²) in [4.78, 5) is 0. The first-order chi connectivity index (χ1) is 0. The van der Waals surface area contributed by atoms with E-state index in [0.717, 1.165) is 0 Å². The molecule has 0 aliphatic carbocycles. The molecule has 1 unspecified atom stereocenters. The number of hydrogen-bond donors (Lipinski definition) is 0. The Morgan fingerprint density at radius 1 is 1.00 bits per heavy atom. The van der Waals surface area contributed by atoms with Crippen molar-refractivity contribution in [3.63, 3.8) is 0 Å². The quantitative estimate of drug-likeness (QED) is 0.398. The Morgan fingerprint density at radius 2 is 1.00 bits per heavy atom. The normalized spacial score (nSPS) is 0. The molecule has 0 bridgehead atoms. The van der Waals surface area contributed by atoms with Crippen LogP contribution in [0.5, 0.6) is 0 Å². The van der Waals surface area contributed by atoms with Crippen molar-refractivity contribution in [1.82, 2.24) is 0 Å². The van der Waals surface area contributed by atoms with E-state index in [-0.39, 0.29) is 67.9 Å². The maximum atomic E-state index is 0. The van der Waals surface area contributed by atoms with Gasteiger partial charge >= 0.3 is 23.9 Å². The Hall–Kier alpha value is 2.27. The number of hydrogen-bond acceptors (Lipinski definition) is 0. The molecular formula is H5CuFePSn. The van der Waals surface area contributed by atoms with Gasteiger partial charge in [0.1, 0.15) is 0 Å². The van der Waals surface area contributed by atoms with Crippen LogP contribution in [-0.2, 0) is 34.1 Å². The average molecular weight is 274 g/mol. The molecule has 0 nitrogen and oxygen atoms in total. The van der Waals surface area contributed by atoms with Gasteiger partial charge in [-0.15, -0.1) is 0 Å². The van der Waals surface area contributed by atoms with Crippen molar-refractivity contribution in [2.45, 2.75) is 0 Å². The molecule has 0 aromatic rings. The maximum absolute atomic E-state index is 0. The topological polar surface area (TPSA) is 0 Å². The van der Waals surface area contributed by atoms with Gasteiger partial charge < -0.3 is 0 Å². The van der Waals surface area contributed by atoms with Crippen LogP contribution in [0.25, 0.3) is 0 Å². The number of rotatable bonds is 0. The fraction of sp³-hybridized carbons (Fsp3) is 0.